The van der Waals surface area contributed by atoms with Gasteiger partial charge >= 0.3 is 0 Å². The maximum Gasteiger partial charge on any atom is 0.229 e. The van der Waals surface area contributed by atoms with Crippen LogP contribution in [0.5, 0.6) is 0 Å². The number of nitrogens with one attached hydrogen (secondary N) is 1. The molecule has 0 bridgehead atoms. The number of rotatable bonds is 6. The number of carbonyl (C=O) groups excluding carboxylic acids is 1. The number of hydrogen-bond donors (Lipinski definition) is 2. The van der Waals surface area contributed by atoms with Gasteiger partial charge in [-0.1, -0.05) is 13.3 Å². The molecule has 1 amide bonds. The van der Waals surface area contributed by atoms with Crippen LogP contribution in [0.4, 0.5) is 5.13 Å². The van der Waals surface area contributed by atoms with Gasteiger partial charge in [-0.25, -0.2) is 4.98 Å². The first-order valence-corrected chi connectivity index (χ1v) is 6.63. The molecule has 2 atom stereocenters. The summed E-state index contributed by atoms with van der Waals surface area (Å²) in [5, 5.41) is 3.35. The Balaban J connectivity index is 2.32. The number of aryl methyl sites for hydroxylation is 1. The van der Waals surface area contributed by atoms with E-state index < -0.39 is 0 Å². The molecule has 5 nitrogen and oxygen atoms in total. The summed E-state index contributed by atoms with van der Waals surface area (Å²) in [6.45, 7) is 5.71. The molecule has 1 aromatic rings. The van der Waals surface area contributed by atoms with Crippen LogP contribution >= 0.6 is 11.5 Å². The van der Waals surface area contributed by atoms with Gasteiger partial charge in [-0.15, -0.1) is 0 Å². The largest absolute Gasteiger partial charge is 0.328 e. The lowest BCUT2D eigenvalue weighted by Crippen LogP contribution is -2.21. The Morgan fingerprint density at radius 3 is 2.71 bits per heavy atom. The van der Waals surface area contributed by atoms with Crippen molar-refractivity contribution in [2.45, 2.75) is 46.1 Å². The fraction of sp³-hybridized carbons (Fsp3) is 0.727. The fourth-order valence-corrected chi connectivity index (χ4v) is 2.03. The van der Waals surface area contributed by atoms with Gasteiger partial charge in [-0.3, -0.25) is 4.79 Å². The minimum absolute atomic E-state index is 0.00539. The van der Waals surface area contributed by atoms with E-state index in [1.165, 1.54) is 11.5 Å². The van der Waals surface area contributed by atoms with Crippen LogP contribution in [0.1, 0.15) is 38.9 Å². The van der Waals surface area contributed by atoms with E-state index in [9.17, 15) is 4.79 Å². The first-order valence-electron chi connectivity index (χ1n) is 5.85. The van der Waals surface area contributed by atoms with Crippen molar-refractivity contribution in [3.05, 3.63) is 5.82 Å². The third-order valence-electron chi connectivity index (χ3n) is 2.50. The predicted molar refractivity (Wildman–Crippen MR) is 69.9 cm³/mol. The van der Waals surface area contributed by atoms with Crippen molar-refractivity contribution in [3.8, 4) is 0 Å². The smallest absolute Gasteiger partial charge is 0.229 e. The van der Waals surface area contributed by atoms with Gasteiger partial charge in [-0.05, 0) is 26.7 Å². The molecule has 0 aliphatic carbocycles. The lowest BCUT2D eigenvalue weighted by atomic mass is 10.0. The highest BCUT2D eigenvalue weighted by Crippen LogP contribution is 2.14. The van der Waals surface area contributed by atoms with E-state index in [1.807, 2.05) is 13.8 Å². The highest BCUT2D eigenvalue weighted by atomic mass is 32.1. The van der Waals surface area contributed by atoms with E-state index in [0.29, 0.717) is 11.0 Å². The summed E-state index contributed by atoms with van der Waals surface area (Å²) in [5.74, 6) is 0.679. The van der Waals surface area contributed by atoms with Crippen LogP contribution in [-0.4, -0.2) is 21.3 Å². The van der Waals surface area contributed by atoms with Gasteiger partial charge in [0.1, 0.15) is 5.82 Å². The monoisotopic (exact) mass is 256 g/mol. The number of anilines is 1. The SMILES string of the molecule is Cc1nsc(NC(=O)C(C)CCCC(C)N)n1. The highest BCUT2D eigenvalue weighted by Gasteiger charge is 2.14. The van der Waals surface area contributed by atoms with E-state index >= 15 is 0 Å². The molecule has 1 aromatic heterocycles. The average molecular weight is 256 g/mol. The van der Waals surface area contributed by atoms with Crippen molar-refractivity contribution < 1.29 is 4.79 Å². The van der Waals surface area contributed by atoms with Gasteiger partial charge in [0.2, 0.25) is 11.0 Å². The summed E-state index contributed by atoms with van der Waals surface area (Å²) < 4.78 is 4.01. The van der Waals surface area contributed by atoms with Gasteiger partial charge in [0.15, 0.2) is 0 Å². The molecule has 0 spiro atoms. The first-order chi connectivity index (χ1) is 7.99. The number of aromatic nitrogens is 2. The Hall–Kier alpha value is -1.01. The Bertz CT molecular complexity index is 364. The number of amides is 1. The van der Waals surface area contributed by atoms with Crippen LogP contribution in [0.3, 0.4) is 0 Å². The second-order valence-corrected chi connectivity index (χ2v) is 5.20. The molecule has 6 heteroatoms. The maximum absolute atomic E-state index is 11.8. The Labute approximate surface area is 106 Å². The molecule has 0 aliphatic rings. The standard InChI is InChI=1S/C11H20N4OS/c1-7(5-4-6-8(2)12)10(16)14-11-13-9(3)15-17-11/h7-8H,4-6,12H2,1-3H3,(H,13,14,15,16). The van der Waals surface area contributed by atoms with Crippen molar-refractivity contribution in [3.63, 3.8) is 0 Å². The molecule has 0 radical (unpaired) electrons. The zero-order chi connectivity index (χ0) is 12.8. The van der Waals surface area contributed by atoms with E-state index in [4.69, 9.17) is 5.73 Å². The third-order valence-corrected chi connectivity index (χ3v) is 3.22. The molecule has 0 aliphatic heterocycles. The average Bonchev–Trinajstić information content (AvgIpc) is 2.63. The summed E-state index contributed by atoms with van der Waals surface area (Å²) in [5.41, 5.74) is 5.66. The molecule has 3 N–H and O–H groups in total. The normalized spacial score (nSPS) is 14.4. The van der Waals surface area contributed by atoms with Crippen molar-refractivity contribution in [2.75, 3.05) is 5.32 Å². The molecular weight excluding hydrogens is 236 g/mol. The van der Waals surface area contributed by atoms with E-state index in [0.717, 1.165) is 19.3 Å². The summed E-state index contributed by atoms with van der Waals surface area (Å²) >= 11 is 1.21. The van der Waals surface area contributed by atoms with Crippen molar-refractivity contribution in [1.82, 2.24) is 9.36 Å². The van der Waals surface area contributed by atoms with Gasteiger partial charge in [-0.2, -0.15) is 4.37 Å². The van der Waals surface area contributed by atoms with Crippen LogP contribution in [0.2, 0.25) is 0 Å². The van der Waals surface area contributed by atoms with Gasteiger partial charge in [0.05, 0.1) is 0 Å². The zero-order valence-corrected chi connectivity index (χ0v) is 11.4. The Morgan fingerprint density at radius 2 is 2.18 bits per heavy atom. The Morgan fingerprint density at radius 1 is 1.47 bits per heavy atom. The van der Waals surface area contributed by atoms with Crippen LogP contribution in [-0.2, 0) is 4.79 Å². The van der Waals surface area contributed by atoms with Crippen molar-refractivity contribution >= 4 is 22.6 Å². The van der Waals surface area contributed by atoms with Crippen LogP contribution in [0.15, 0.2) is 0 Å². The van der Waals surface area contributed by atoms with Crippen LogP contribution in [0, 0.1) is 12.8 Å². The molecule has 17 heavy (non-hydrogen) atoms. The minimum Gasteiger partial charge on any atom is -0.328 e. The summed E-state index contributed by atoms with van der Waals surface area (Å²) in [6, 6.07) is 0.205. The number of nitrogens with zero attached hydrogens (tertiary/aromatic N) is 2. The molecule has 0 saturated carbocycles. The highest BCUT2D eigenvalue weighted by molar-refractivity contribution is 7.09. The lowest BCUT2D eigenvalue weighted by molar-refractivity contribution is -0.119. The molecular formula is C11H20N4OS. The van der Waals surface area contributed by atoms with Crippen LogP contribution < -0.4 is 11.1 Å². The number of nitrogens with two attached hydrogens (primary N) is 1. The molecule has 0 fully saturated rings. The van der Waals surface area contributed by atoms with E-state index in [-0.39, 0.29) is 17.9 Å². The van der Waals surface area contributed by atoms with Crippen molar-refractivity contribution in [1.29, 1.82) is 0 Å². The zero-order valence-electron chi connectivity index (χ0n) is 10.6. The van der Waals surface area contributed by atoms with Crippen LogP contribution in [0.25, 0.3) is 0 Å². The lowest BCUT2D eigenvalue weighted by Gasteiger charge is -2.11. The summed E-state index contributed by atoms with van der Waals surface area (Å²) in [6.07, 6.45) is 2.78. The quantitative estimate of drug-likeness (QED) is 0.815. The second-order valence-electron chi connectivity index (χ2n) is 4.45. The maximum atomic E-state index is 11.8. The third kappa shape index (κ3) is 5.23. The molecule has 96 valence electrons. The van der Waals surface area contributed by atoms with E-state index in [2.05, 4.69) is 14.7 Å². The fourth-order valence-electron chi connectivity index (χ4n) is 1.45. The Kier molecular flexibility index (Phi) is 5.50. The first kappa shape index (κ1) is 14.1. The number of carbonyl (C=O) groups is 1. The van der Waals surface area contributed by atoms with Gasteiger partial charge in [0, 0.05) is 23.5 Å². The molecule has 0 aromatic carbocycles. The van der Waals surface area contributed by atoms with E-state index in [1.54, 1.807) is 6.92 Å². The van der Waals surface area contributed by atoms with Gasteiger partial charge in [0.25, 0.3) is 0 Å². The summed E-state index contributed by atoms with van der Waals surface area (Å²) in [7, 11) is 0. The van der Waals surface area contributed by atoms with Gasteiger partial charge < -0.3 is 11.1 Å². The molecule has 1 rings (SSSR count). The topological polar surface area (TPSA) is 80.9 Å². The minimum atomic E-state index is -0.0158. The molecule has 2 unspecified atom stereocenters. The second kappa shape index (κ2) is 6.66. The van der Waals surface area contributed by atoms with Crippen molar-refractivity contribution in [2.24, 2.45) is 11.7 Å². The summed E-state index contributed by atoms with van der Waals surface area (Å²) in [4.78, 5) is 15.9. The molecule has 1 heterocycles. The predicted octanol–water partition coefficient (Wildman–Crippen LogP) is 1.94. The number of hydrogen-bond acceptors (Lipinski definition) is 5. The molecule has 0 saturated heterocycles.